The maximum Gasteiger partial charge on any atom is 0.227 e. The quantitative estimate of drug-likeness (QED) is 0.800. The number of nitrogens with zero attached hydrogens (tertiary/aromatic N) is 2. The molecule has 0 atom stereocenters. The second kappa shape index (κ2) is 8.72. The molecule has 0 unspecified atom stereocenters. The van der Waals surface area contributed by atoms with Crippen molar-refractivity contribution in [1.82, 2.24) is 9.80 Å². The van der Waals surface area contributed by atoms with E-state index in [9.17, 15) is 4.79 Å². The number of para-hydroxylation sites is 1. The number of benzene rings is 2. The zero-order valence-electron chi connectivity index (χ0n) is 15.5. The predicted molar refractivity (Wildman–Crippen MR) is 102 cm³/mol. The Kier molecular flexibility index (Phi) is 6.12. The summed E-state index contributed by atoms with van der Waals surface area (Å²) in [5.74, 6) is 1.92. The summed E-state index contributed by atoms with van der Waals surface area (Å²) in [6.07, 6.45) is 0.441. The van der Waals surface area contributed by atoms with Crippen molar-refractivity contribution < 1.29 is 14.3 Å². The summed E-state index contributed by atoms with van der Waals surface area (Å²) in [6.45, 7) is 4.15. The minimum Gasteiger partial charge on any atom is -0.497 e. The number of hydrogen-bond acceptors (Lipinski definition) is 4. The van der Waals surface area contributed by atoms with E-state index in [1.807, 2.05) is 47.4 Å². The molecule has 0 radical (unpaired) electrons. The smallest absolute Gasteiger partial charge is 0.227 e. The summed E-state index contributed by atoms with van der Waals surface area (Å²) in [7, 11) is 3.35. The molecular weight excluding hydrogens is 328 g/mol. The largest absolute Gasteiger partial charge is 0.497 e. The van der Waals surface area contributed by atoms with Crippen molar-refractivity contribution in [2.75, 3.05) is 40.4 Å². The van der Waals surface area contributed by atoms with Crippen LogP contribution >= 0.6 is 0 Å². The highest BCUT2D eigenvalue weighted by Gasteiger charge is 2.21. The standard InChI is InChI=1S/C21H26N2O3/c1-25-19-9-7-17(8-10-19)15-21(24)23-13-11-22(12-14-23)16-18-5-3-4-6-20(18)26-2/h3-10H,11-16H2,1-2H3. The molecule has 0 N–H and O–H groups in total. The minimum absolute atomic E-state index is 0.187. The fraction of sp³-hybridized carbons (Fsp3) is 0.381. The fourth-order valence-electron chi connectivity index (χ4n) is 3.26. The zero-order valence-corrected chi connectivity index (χ0v) is 15.5. The first-order valence-corrected chi connectivity index (χ1v) is 8.94. The van der Waals surface area contributed by atoms with Crippen LogP contribution in [-0.4, -0.2) is 56.1 Å². The number of ether oxygens (including phenoxy) is 2. The molecule has 5 heteroatoms. The van der Waals surface area contributed by atoms with E-state index in [2.05, 4.69) is 11.0 Å². The number of carbonyl (C=O) groups is 1. The molecule has 3 rings (SSSR count). The summed E-state index contributed by atoms with van der Waals surface area (Å²) in [5.41, 5.74) is 2.21. The Morgan fingerprint density at radius 1 is 0.923 bits per heavy atom. The normalized spacial score (nSPS) is 14.9. The van der Waals surface area contributed by atoms with Gasteiger partial charge < -0.3 is 14.4 Å². The maximum absolute atomic E-state index is 12.5. The van der Waals surface area contributed by atoms with Crippen molar-refractivity contribution in [2.45, 2.75) is 13.0 Å². The molecule has 0 saturated carbocycles. The maximum atomic E-state index is 12.5. The van der Waals surface area contributed by atoms with Gasteiger partial charge in [-0.3, -0.25) is 9.69 Å². The Bertz CT molecular complexity index is 722. The van der Waals surface area contributed by atoms with Crippen molar-refractivity contribution in [3.8, 4) is 11.5 Å². The highest BCUT2D eigenvalue weighted by atomic mass is 16.5. The summed E-state index contributed by atoms with van der Waals surface area (Å²) < 4.78 is 10.6. The summed E-state index contributed by atoms with van der Waals surface area (Å²) in [5, 5.41) is 0. The summed E-state index contributed by atoms with van der Waals surface area (Å²) in [6, 6.07) is 15.8. The van der Waals surface area contributed by atoms with Crippen molar-refractivity contribution in [2.24, 2.45) is 0 Å². The van der Waals surface area contributed by atoms with E-state index in [-0.39, 0.29) is 5.91 Å². The van der Waals surface area contributed by atoms with E-state index >= 15 is 0 Å². The predicted octanol–water partition coefficient (Wildman–Crippen LogP) is 2.59. The van der Waals surface area contributed by atoms with Crippen LogP contribution in [0.4, 0.5) is 0 Å². The molecule has 1 fully saturated rings. The monoisotopic (exact) mass is 354 g/mol. The number of hydrogen-bond donors (Lipinski definition) is 0. The molecule has 5 nitrogen and oxygen atoms in total. The molecule has 138 valence electrons. The van der Waals surface area contributed by atoms with E-state index in [0.29, 0.717) is 6.42 Å². The molecule has 2 aromatic rings. The van der Waals surface area contributed by atoms with E-state index in [1.165, 1.54) is 5.56 Å². The van der Waals surface area contributed by atoms with Gasteiger partial charge in [0.2, 0.25) is 5.91 Å². The van der Waals surface area contributed by atoms with Crippen LogP contribution in [0.2, 0.25) is 0 Å². The number of piperazine rings is 1. The fourth-order valence-corrected chi connectivity index (χ4v) is 3.26. The van der Waals surface area contributed by atoms with Crippen molar-refractivity contribution >= 4 is 5.91 Å². The number of rotatable bonds is 6. The average Bonchev–Trinajstić information content (AvgIpc) is 2.69. The van der Waals surface area contributed by atoms with Gasteiger partial charge in [-0.25, -0.2) is 0 Å². The van der Waals surface area contributed by atoms with Crippen LogP contribution in [0.5, 0.6) is 11.5 Å². The Morgan fingerprint density at radius 2 is 1.62 bits per heavy atom. The molecule has 26 heavy (non-hydrogen) atoms. The molecule has 0 aromatic heterocycles. The molecule has 1 aliphatic rings. The molecule has 1 amide bonds. The van der Waals surface area contributed by atoms with E-state index in [0.717, 1.165) is 49.8 Å². The molecule has 2 aromatic carbocycles. The van der Waals surface area contributed by atoms with Crippen LogP contribution in [0, 0.1) is 0 Å². The summed E-state index contributed by atoms with van der Waals surface area (Å²) >= 11 is 0. The van der Waals surface area contributed by atoms with E-state index in [1.54, 1.807) is 14.2 Å². The van der Waals surface area contributed by atoms with Gasteiger partial charge in [-0.2, -0.15) is 0 Å². The lowest BCUT2D eigenvalue weighted by Crippen LogP contribution is -2.48. The molecular formula is C21H26N2O3. The van der Waals surface area contributed by atoms with Crippen LogP contribution in [0.25, 0.3) is 0 Å². The van der Waals surface area contributed by atoms with Gasteiger partial charge in [0.15, 0.2) is 0 Å². The van der Waals surface area contributed by atoms with Gasteiger partial charge in [0.25, 0.3) is 0 Å². The second-order valence-corrected chi connectivity index (χ2v) is 6.49. The first-order valence-electron chi connectivity index (χ1n) is 8.94. The molecule has 0 spiro atoms. The topological polar surface area (TPSA) is 42.0 Å². The second-order valence-electron chi connectivity index (χ2n) is 6.49. The lowest BCUT2D eigenvalue weighted by Gasteiger charge is -2.35. The Hall–Kier alpha value is -2.53. The van der Waals surface area contributed by atoms with Crippen LogP contribution < -0.4 is 9.47 Å². The average molecular weight is 354 g/mol. The van der Waals surface area contributed by atoms with Crippen LogP contribution in [0.15, 0.2) is 48.5 Å². The minimum atomic E-state index is 0.187. The molecule has 1 aliphatic heterocycles. The van der Waals surface area contributed by atoms with Crippen LogP contribution in [0.3, 0.4) is 0 Å². The van der Waals surface area contributed by atoms with Gasteiger partial charge in [-0.1, -0.05) is 30.3 Å². The zero-order chi connectivity index (χ0) is 18.4. The third-order valence-electron chi connectivity index (χ3n) is 4.83. The summed E-state index contributed by atoms with van der Waals surface area (Å²) in [4.78, 5) is 16.9. The highest BCUT2D eigenvalue weighted by Crippen LogP contribution is 2.20. The van der Waals surface area contributed by atoms with Crippen LogP contribution in [0.1, 0.15) is 11.1 Å². The number of amides is 1. The lowest BCUT2D eigenvalue weighted by atomic mass is 10.1. The van der Waals surface area contributed by atoms with Crippen LogP contribution in [-0.2, 0) is 17.8 Å². The van der Waals surface area contributed by atoms with Gasteiger partial charge >= 0.3 is 0 Å². The SMILES string of the molecule is COc1ccc(CC(=O)N2CCN(Cc3ccccc3OC)CC2)cc1. The number of methoxy groups -OCH3 is 2. The highest BCUT2D eigenvalue weighted by molar-refractivity contribution is 5.79. The number of carbonyl (C=O) groups excluding carboxylic acids is 1. The molecule has 1 saturated heterocycles. The van der Waals surface area contributed by atoms with Gasteiger partial charge in [-0.15, -0.1) is 0 Å². The third-order valence-corrected chi connectivity index (χ3v) is 4.83. The van der Waals surface area contributed by atoms with E-state index in [4.69, 9.17) is 9.47 Å². The van der Waals surface area contributed by atoms with Gasteiger partial charge in [0, 0.05) is 38.3 Å². The molecule has 0 aliphatic carbocycles. The third kappa shape index (κ3) is 4.55. The molecule has 1 heterocycles. The lowest BCUT2D eigenvalue weighted by molar-refractivity contribution is -0.132. The van der Waals surface area contributed by atoms with E-state index < -0.39 is 0 Å². The van der Waals surface area contributed by atoms with Gasteiger partial charge in [0.1, 0.15) is 11.5 Å². The van der Waals surface area contributed by atoms with Gasteiger partial charge in [0.05, 0.1) is 20.6 Å². The Balaban J connectivity index is 1.50. The first-order chi connectivity index (χ1) is 12.7. The Morgan fingerprint density at radius 3 is 2.27 bits per heavy atom. The molecule has 0 bridgehead atoms. The first kappa shape index (κ1) is 18.3. The van der Waals surface area contributed by atoms with Crippen molar-refractivity contribution in [1.29, 1.82) is 0 Å². The van der Waals surface area contributed by atoms with Gasteiger partial charge in [-0.05, 0) is 23.8 Å². The van der Waals surface area contributed by atoms with Crippen molar-refractivity contribution in [3.63, 3.8) is 0 Å². The van der Waals surface area contributed by atoms with Crippen molar-refractivity contribution in [3.05, 3.63) is 59.7 Å². The Labute approximate surface area is 155 Å².